The summed E-state index contributed by atoms with van der Waals surface area (Å²) in [5.41, 5.74) is 2.52. The van der Waals surface area contributed by atoms with Gasteiger partial charge in [-0.25, -0.2) is 0 Å². The monoisotopic (exact) mass is 583 g/mol. The van der Waals surface area contributed by atoms with E-state index in [1.54, 1.807) is 6.07 Å². The van der Waals surface area contributed by atoms with Gasteiger partial charge in [0.2, 0.25) is 0 Å². The number of nitro groups is 1. The Hall–Kier alpha value is -3.48. The molecule has 0 aliphatic carbocycles. The van der Waals surface area contributed by atoms with E-state index in [1.807, 2.05) is 43.3 Å². The number of nitrogens with one attached hydrogen (secondary N) is 1. The van der Waals surface area contributed by atoms with Crippen LogP contribution in [0.1, 0.15) is 23.6 Å². The number of hydrogen-bond acceptors (Lipinski definition) is 5. The fraction of sp³-hybridized carbons (Fsp3) is 0.120. The van der Waals surface area contributed by atoms with Crippen LogP contribution < -0.4 is 10.1 Å². The molecular weight excluding hydrogens is 566 g/mol. The third-order valence-electron chi connectivity index (χ3n) is 4.79. The Kier molecular flexibility index (Phi) is 8.57. The van der Waals surface area contributed by atoms with Crippen molar-refractivity contribution in [2.45, 2.75) is 13.3 Å². The molecule has 3 aromatic rings. The van der Waals surface area contributed by atoms with Crippen molar-refractivity contribution in [3.8, 4) is 11.8 Å². The van der Waals surface area contributed by atoms with Crippen molar-refractivity contribution in [2.24, 2.45) is 0 Å². The van der Waals surface area contributed by atoms with Gasteiger partial charge in [0.1, 0.15) is 17.4 Å². The number of benzene rings is 3. The summed E-state index contributed by atoms with van der Waals surface area (Å²) in [5, 5.41) is 23.1. The number of ether oxygens (including phenoxy) is 1. The molecule has 0 aliphatic heterocycles. The summed E-state index contributed by atoms with van der Waals surface area (Å²) in [6, 6.07) is 18.9. The molecule has 0 bridgehead atoms. The van der Waals surface area contributed by atoms with Gasteiger partial charge in [0.05, 0.1) is 11.5 Å². The standard InChI is InChI=1S/C25H19Br2N3O4/c1-2-34-24-12-16(11-23(27)21(24)13-17-6-3-4-9-22(17)26)10-18(15-28)25(31)29-19-7-5-8-20(14-19)30(32)33/h3-12,14H,2,13H2,1H3,(H,29,31)/b18-10+. The van der Waals surface area contributed by atoms with Crippen LogP contribution in [0.25, 0.3) is 6.08 Å². The molecule has 34 heavy (non-hydrogen) atoms. The Morgan fingerprint density at radius 3 is 2.59 bits per heavy atom. The van der Waals surface area contributed by atoms with Crippen molar-refractivity contribution in [1.29, 1.82) is 5.26 Å². The normalized spacial score (nSPS) is 10.9. The smallest absolute Gasteiger partial charge is 0.271 e. The first-order valence-electron chi connectivity index (χ1n) is 10.2. The lowest BCUT2D eigenvalue weighted by Gasteiger charge is -2.15. The van der Waals surface area contributed by atoms with Gasteiger partial charge in [0.25, 0.3) is 11.6 Å². The molecule has 3 aromatic carbocycles. The predicted octanol–water partition coefficient (Wildman–Crippen LogP) is 6.65. The van der Waals surface area contributed by atoms with Crippen LogP contribution >= 0.6 is 31.9 Å². The van der Waals surface area contributed by atoms with E-state index in [0.29, 0.717) is 24.3 Å². The summed E-state index contributed by atoms with van der Waals surface area (Å²) in [7, 11) is 0. The number of nitro benzene ring substituents is 1. The van der Waals surface area contributed by atoms with Gasteiger partial charge < -0.3 is 10.1 Å². The molecule has 7 nitrogen and oxygen atoms in total. The van der Waals surface area contributed by atoms with Crippen molar-refractivity contribution in [3.63, 3.8) is 0 Å². The van der Waals surface area contributed by atoms with E-state index < -0.39 is 10.8 Å². The van der Waals surface area contributed by atoms with E-state index in [4.69, 9.17) is 4.74 Å². The van der Waals surface area contributed by atoms with Crippen LogP contribution in [0.15, 0.2) is 75.2 Å². The summed E-state index contributed by atoms with van der Waals surface area (Å²) in [6.45, 7) is 2.33. The zero-order valence-corrected chi connectivity index (χ0v) is 21.2. The molecule has 0 unspecified atom stereocenters. The van der Waals surface area contributed by atoms with E-state index in [9.17, 15) is 20.2 Å². The maximum atomic E-state index is 12.7. The van der Waals surface area contributed by atoms with Crippen molar-refractivity contribution < 1.29 is 14.5 Å². The van der Waals surface area contributed by atoms with E-state index >= 15 is 0 Å². The van der Waals surface area contributed by atoms with Gasteiger partial charge in [-0.1, -0.05) is 56.1 Å². The van der Waals surface area contributed by atoms with E-state index in [0.717, 1.165) is 20.1 Å². The van der Waals surface area contributed by atoms with Crippen LogP contribution in [-0.4, -0.2) is 17.4 Å². The van der Waals surface area contributed by atoms with Crippen molar-refractivity contribution >= 4 is 55.2 Å². The molecule has 172 valence electrons. The Balaban J connectivity index is 1.91. The minimum absolute atomic E-state index is 0.153. The van der Waals surface area contributed by atoms with Crippen molar-refractivity contribution in [3.05, 3.63) is 102 Å². The van der Waals surface area contributed by atoms with Gasteiger partial charge in [0, 0.05) is 38.7 Å². The molecule has 0 fully saturated rings. The Morgan fingerprint density at radius 1 is 1.15 bits per heavy atom. The summed E-state index contributed by atoms with van der Waals surface area (Å²) in [6.07, 6.45) is 2.06. The lowest BCUT2D eigenvalue weighted by atomic mass is 10.0. The van der Waals surface area contributed by atoms with Crippen LogP contribution in [0.5, 0.6) is 5.75 Å². The number of carbonyl (C=O) groups is 1. The minimum Gasteiger partial charge on any atom is -0.494 e. The van der Waals surface area contributed by atoms with Crippen LogP contribution in [0.2, 0.25) is 0 Å². The fourth-order valence-electron chi connectivity index (χ4n) is 3.21. The SMILES string of the molecule is CCOc1cc(/C=C(\C#N)C(=O)Nc2cccc([N+](=O)[O-])c2)cc(Br)c1Cc1ccccc1Br. The first-order chi connectivity index (χ1) is 16.3. The quantitative estimate of drug-likeness (QED) is 0.138. The van der Waals surface area contributed by atoms with Crippen LogP contribution in [0.4, 0.5) is 11.4 Å². The summed E-state index contributed by atoms with van der Waals surface area (Å²) < 4.78 is 7.61. The molecule has 1 N–H and O–H groups in total. The number of rotatable bonds is 8. The zero-order chi connectivity index (χ0) is 24.7. The largest absolute Gasteiger partial charge is 0.494 e. The molecule has 0 atom stereocenters. The van der Waals surface area contributed by atoms with Crippen LogP contribution in [-0.2, 0) is 11.2 Å². The van der Waals surface area contributed by atoms with Gasteiger partial charge in [-0.05, 0) is 48.4 Å². The van der Waals surface area contributed by atoms with Gasteiger partial charge in [0.15, 0.2) is 0 Å². The minimum atomic E-state index is -0.672. The number of amides is 1. The molecule has 0 heterocycles. The molecule has 0 saturated carbocycles. The Morgan fingerprint density at radius 2 is 1.91 bits per heavy atom. The van der Waals surface area contributed by atoms with Crippen LogP contribution in [0, 0.1) is 21.4 Å². The molecule has 3 rings (SSSR count). The number of halogens is 2. The zero-order valence-electron chi connectivity index (χ0n) is 18.0. The second-order valence-electron chi connectivity index (χ2n) is 7.11. The molecule has 0 spiro atoms. The predicted molar refractivity (Wildman–Crippen MR) is 138 cm³/mol. The van der Waals surface area contributed by atoms with Gasteiger partial charge >= 0.3 is 0 Å². The van der Waals surface area contributed by atoms with E-state index in [-0.39, 0.29) is 16.9 Å². The molecule has 1 amide bonds. The van der Waals surface area contributed by atoms with E-state index in [2.05, 4.69) is 37.2 Å². The third-order valence-corrected chi connectivity index (χ3v) is 6.27. The third kappa shape index (κ3) is 6.31. The number of anilines is 1. The highest BCUT2D eigenvalue weighted by atomic mass is 79.9. The number of nitriles is 1. The van der Waals surface area contributed by atoms with E-state index in [1.165, 1.54) is 30.3 Å². The fourth-order valence-corrected chi connectivity index (χ4v) is 4.24. The van der Waals surface area contributed by atoms with Crippen molar-refractivity contribution in [1.82, 2.24) is 0 Å². The molecule has 9 heteroatoms. The Bertz CT molecular complexity index is 1320. The molecule has 0 aromatic heterocycles. The molecular formula is C25H19Br2N3O4. The van der Waals surface area contributed by atoms with Gasteiger partial charge in [-0.3, -0.25) is 14.9 Å². The highest BCUT2D eigenvalue weighted by molar-refractivity contribution is 9.10. The molecule has 0 saturated heterocycles. The Labute approximate surface area is 213 Å². The number of nitrogens with zero attached hydrogens (tertiary/aromatic N) is 2. The number of non-ortho nitro benzene ring substituents is 1. The highest BCUT2D eigenvalue weighted by Gasteiger charge is 2.15. The number of hydrogen-bond donors (Lipinski definition) is 1. The molecule has 0 aliphatic rings. The van der Waals surface area contributed by atoms with Gasteiger partial charge in [-0.15, -0.1) is 0 Å². The molecule has 0 radical (unpaired) electrons. The first kappa shape index (κ1) is 25.1. The second kappa shape index (κ2) is 11.6. The van der Waals surface area contributed by atoms with Crippen molar-refractivity contribution in [2.75, 3.05) is 11.9 Å². The summed E-state index contributed by atoms with van der Waals surface area (Å²) >= 11 is 7.17. The summed E-state index contributed by atoms with van der Waals surface area (Å²) in [5.74, 6) is -0.0374. The second-order valence-corrected chi connectivity index (χ2v) is 8.82. The topological polar surface area (TPSA) is 105 Å². The average molecular weight is 585 g/mol. The first-order valence-corrected chi connectivity index (χ1v) is 11.8. The lowest BCUT2D eigenvalue weighted by molar-refractivity contribution is -0.384. The highest BCUT2D eigenvalue weighted by Crippen LogP contribution is 2.34. The van der Waals surface area contributed by atoms with Gasteiger partial charge in [-0.2, -0.15) is 5.26 Å². The van der Waals surface area contributed by atoms with Crippen LogP contribution in [0.3, 0.4) is 0 Å². The maximum absolute atomic E-state index is 12.7. The summed E-state index contributed by atoms with van der Waals surface area (Å²) in [4.78, 5) is 23.1. The average Bonchev–Trinajstić information content (AvgIpc) is 2.81. The maximum Gasteiger partial charge on any atom is 0.271 e. The number of carbonyl (C=O) groups excluding carboxylic acids is 1. The lowest BCUT2D eigenvalue weighted by Crippen LogP contribution is -2.13.